The molecular formula is C21H41N5O5S. The van der Waals surface area contributed by atoms with Gasteiger partial charge in [0.1, 0.15) is 18.1 Å². The van der Waals surface area contributed by atoms with Gasteiger partial charge in [0.25, 0.3) is 0 Å². The molecule has 8 N–H and O–H groups in total. The van der Waals surface area contributed by atoms with Crippen molar-refractivity contribution >= 4 is 36.3 Å². The highest BCUT2D eigenvalue weighted by Crippen LogP contribution is 2.10. The van der Waals surface area contributed by atoms with E-state index in [0.717, 1.165) is 0 Å². The van der Waals surface area contributed by atoms with Crippen LogP contribution < -0.4 is 27.4 Å². The van der Waals surface area contributed by atoms with E-state index in [-0.39, 0.29) is 17.6 Å². The molecule has 0 rings (SSSR count). The molecule has 0 aliphatic heterocycles. The second-order valence-corrected chi connectivity index (χ2v) is 8.58. The van der Waals surface area contributed by atoms with Crippen molar-refractivity contribution in [1.29, 1.82) is 0 Å². The van der Waals surface area contributed by atoms with Crippen LogP contribution in [0.15, 0.2) is 0 Å². The lowest BCUT2D eigenvalue weighted by atomic mass is 9.98. The van der Waals surface area contributed by atoms with E-state index in [0.29, 0.717) is 38.6 Å². The van der Waals surface area contributed by atoms with E-state index in [1.54, 1.807) is 6.92 Å². The minimum Gasteiger partial charge on any atom is -0.480 e. The second-order valence-electron chi connectivity index (χ2n) is 8.21. The number of unbranched alkanes of at least 4 members (excludes halogenated alkanes) is 1. The van der Waals surface area contributed by atoms with Crippen LogP contribution in [0, 0.1) is 11.8 Å². The molecule has 0 aromatic heterocycles. The molecule has 0 aromatic carbocycles. The average molecular weight is 476 g/mol. The number of carboxylic acids is 1. The largest absolute Gasteiger partial charge is 0.480 e. The number of amides is 3. The Morgan fingerprint density at radius 1 is 0.875 bits per heavy atom. The number of thiol groups is 1. The third-order valence-corrected chi connectivity index (χ3v) is 6.10. The first kappa shape index (κ1) is 30.1. The molecule has 0 radical (unpaired) electrons. The van der Waals surface area contributed by atoms with Crippen molar-refractivity contribution in [2.24, 2.45) is 23.3 Å². The molecule has 6 atom stereocenters. The Balaban J connectivity index is 5.32. The van der Waals surface area contributed by atoms with Gasteiger partial charge in [-0.2, -0.15) is 12.6 Å². The summed E-state index contributed by atoms with van der Waals surface area (Å²) >= 11 is 4.13. The summed E-state index contributed by atoms with van der Waals surface area (Å²) < 4.78 is 0. The zero-order valence-corrected chi connectivity index (χ0v) is 20.5. The van der Waals surface area contributed by atoms with Crippen molar-refractivity contribution in [2.45, 2.75) is 84.0 Å². The van der Waals surface area contributed by atoms with Crippen molar-refractivity contribution in [3.63, 3.8) is 0 Å². The fourth-order valence-electron chi connectivity index (χ4n) is 2.95. The maximum Gasteiger partial charge on any atom is 0.326 e. The fraction of sp³-hybridized carbons (Fsp3) is 0.810. The number of nitrogens with two attached hydrogens (primary N) is 2. The van der Waals surface area contributed by atoms with E-state index in [9.17, 15) is 24.3 Å². The first-order chi connectivity index (χ1) is 15.0. The third kappa shape index (κ3) is 10.2. The van der Waals surface area contributed by atoms with Gasteiger partial charge in [-0.25, -0.2) is 4.79 Å². The molecule has 0 bridgehead atoms. The van der Waals surface area contributed by atoms with Crippen molar-refractivity contribution in [3.8, 4) is 0 Å². The highest BCUT2D eigenvalue weighted by molar-refractivity contribution is 7.80. The van der Waals surface area contributed by atoms with Crippen LogP contribution in [0.1, 0.15) is 59.8 Å². The van der Waals surface area contributed by atoms with Gasteiger partial charge < -0.3 is 32.5 Å². The smallest absolute Gasteiger partial charge is 0.326 e. The van der Waals surface area contributed by atoms with Gasteiger partial charge in [0.15, 0.2) is 0 Å². The monoisotopic (exact) mass is 475 g/mol. The van der Waals surface area contributed by atoms with Gasteiger partial charge in [0.05, 0.1) is 6.04 Å². The zero-order valence-electron chi connectivity index (χ0n) is 19.6. The van der Waals surface area contributed by atoms with Crippen LogP contribution in [0.4, 0.5) is 0 Å². The van der Waals surface area contributed by atoms with Crippen LogP contribution in [0.5, 0.6) is 0 Å². The highest BCUT2D eigenvalue weighted by atomic mass is 32.1. The quantitative estimate of drug-likeness (QED) is 0.121. The molecule has 0 aliphatic rings. The summed E-state index contributed by atoms with van der Waals surface area (Å²) in [6.45, 7) is 7.76. The number of rotatable bonds is 16. The molecule has 0 heterocycles. The molecule has 0 saturated heterocycles. The minimum absolute atomic E-state index is 0.0414. The normalized spacial score (nSPS) is 16.7. The van der Waals surface area contributed by atoms with Crippen LogP contribution in [0.25, 0.3) is 0 Å². The van der Waals surface area contributed by atoms with E-state index < -0.39 is 47.9 Å². The summed E-state index contributed by atoms with van der Waals surface area (Å²) in [5, 5.41) is 17.1. The highest BCUT2D eigenvalue weighted by Gasteiger charge is 2.31. The first-order valence-corrected chi connectivity index (χ1v) is 11.9. The Morgan fingerprint density at radius 2 is 1.41 bits per heavy atom. The molecule has 0 aromatic rings. The first-order valence-electron chi connectivity index (χ1n) is 11.2. The number of carbonyl (C=O) groups is 4. The van der Waals surface area contributed by atoms with Gasteiger partial charge in [-0.3, -0.25) is 14.4 Å². The summed E-state index contributed by atoms with van der Waals surface area (Å²) in [4.78, 5) is 49.5. The van der Waals surface area contributed by atoms with Crippen molar-refractivity contribution in [3.05, 3.63) is 0 Å². The van der Waals surface area contributed by atoms with Crippen molar-refractivity contribution in [2.75, 3.05) is 12.3 Å². The number of carbonyl (C=O) groups excluding carboxylic acids is 3. The summed E-state index contributed by atoms with van der Waals surface area (Å²) in [6.07, 6.45) is 2.86. The lowest BCUT2D eigenvalue weighted by Crippen LogP contribution is -2.58. The molecule has 0 fully saturated rings. The van der Waals surface area contributed by atoms with Crippen LogP contribution >= 0.6 is 12.6 Å². The Hall–Kier alpha value is -1.85. The molecule has 32 heavy (non-hydrogen) atoms. The Labute approximate surface area is 196 Å². The van der Waals surface area contributed by atoms with E-state index in [1.807, 2.05) is 20.8 Å². The lowest BCUT2D eigenvalue weighted by molar-refractivity contribution is -0.143. The molecule has 0 spiro atoms. The molecule has 6 unspecified atom stereocenters. The zero-order chi connectivity index (χ0) is 24.8. The Morgan fingerprint density at radius 3 is 1.88 bits per heavy atom. The Bertz CT molecular complexity index is 621. The number of nitrogens with one attached hydrogen (secondary N) is 3. The molecule has 186 valence electrons. The minimum atomic E-state index is -1.15. The molecule has 11 heteroatoms. The van der Waals surface area contributed by atoms with Gasteiger partial charge in [-0.15, -0.1) is 0 Å². The predicted molar refractivity (Wildman–Crippen MR) is 127 cm³/mol. The van der Waals surface area contributed by atoms with Crippen molar-refractivity contribution in [1.82, 2.24) is 16.0 Å². The lowest BCUT2D eigenvalue weighted by Gasteiger charge is -2.26. The second kappa shape index (κ2) is 15.9. The molecule has 3 amide bonds. The number of hydrogen-bond donors (Lipinski definition) is 7. The standard InChI is InChI=1S/C21H41N5O5S/c1-5-12(3)16(23)20(29)24-14(9-7-8-10-22)18(27)25-15(11-32)19(28)26-17(21(30)31)13(4)6-2/h12-17,32H,5-11,22-23H2,1-4H3,(H,24,29)(H,25,27)(H,26,28)(H,30,31). The number of hydrogen-bond acceptors (Lipinski definition) is 7. The summed E-state index contributed by atoms with van der Waals surface area (Å²) in [7, 11) is 0. The van der Waals surface area contributed by atoms with Crippen LogP contribution in [0.2, 0.25) is 0 Å². The number of aliphatic carboxylic acids is 1. The summed E-state index contributed by atoms with van der Waals surface area (Å²) in [5.74, 6) is -3.20. The average Bonchev–Trinajstić information content (AvgIpc) is 2.77. The van der Waals surface area contributed by atoms with Gasteiger partial charge in [0, 0.05) is 5.75 Å². The predicted octanol–water partition coefficient (Wildman–Crippen LogP) is 0.00370. The molecule has 0 saturated carbocycles. The summed E-state index contributed by atoms with van der Waals surface area (Å²) in [5.41, 5.74) is 11.5. The van der Waals surface area contributed by atoms with Crippen LogP contribution in [-0.4, -0.2) is 65.3 Å². The van der Waals surface area contributed by atoms with Crippen LogP contribution in [-0.2, 0) is 19.2 Å². The van der Waals surface area contributed by atoms with Gasteiger partial charge >= 0.3 is 5.97 Å². The maximum absolute atomic E-state index is 12.9. The van der Waals surface area contributed by atoms with E-state index in [4.69, 9.17) is 11.5 Å². The van der Waals surface area contributed by atoms with Crippen LogP contribution in [0.3, 0.4) is 0 Å². The van der Waals surface area contributed by atoms with E-state index in [1.165, 1.54) is 0 Å². The van der Waals surface area contributed by atoms with E-state index in [2.05, 4.69) is 28.6 Å². The fourth-order valence-corrected chi connectivity index (χ4v) is 3.20. The summed E-state index contributed by atoms with van der Waals surface area (Å²) in [6, 6.07) is -3.81. The SMILES string of the molecule is CCC(C)C(N)C(=O)NC(CCCCN)C(=O)NC(CS)C(=O)NC(C(=O)O)C(C)CC. The van der Waals surface area contributed by atoms with Gasteiger partial charge in [-0.05, 0) is 37.6 Å². The molecule has 0 aliphatic carbocycles. The molecular weight excluding hydrogens is 434 g/mol. The van der Waals surface area contributed by atoms with Crippen molar-refractivity contribution < 1.29 is 24.3 Å². The van der Waals surface area contributed by atoms with E-state index >= 15 is 0 Å². The molecule has 10 nitrogen and oxygen atoms in total. The Kier molecular flexibility index (Phi) is 15.0. The topological polar surface area (TPSA) is 177 Å². The van der Waals surface area contributed by atoms with Gasteiger partial charge in [0.2, 0.25) is 17.7 Å². The van der Waals surface area contributed by atoms with Gasteiger partial charge in [-0.1, -0.05) is 40.5 Å². The maximum atomic E-state index is 12.9. The number of carboxylic acid groups (broad SMARTS) is 1. The third-order valence-electron chi connectivity index (χ3n) is 5.73.